The molecule has 0 aliphatic rings. The molecule has 0 N–H and O–H groups in total. The Kier molecular flexibility index (Phi) is 5.73. The van der Waals surface area contributed by atoms with Gasteiger partial charge in [-0.2, -0.15) is 0 Å². The summed E-state index contributed by atoms with van der Waals surface area (Å²) in [7, 11) is 0. The van der Waals surface area contributed by atoms with Crippen LogP contribution in [0.25, 0.3) is 0 Å². The van der Waals surface area contributed by atoms with Crippen LogP contribution in [-0.2, 0) is 9.53 Å². The van der Waals surface area contributed by atoms with Gasteiger partial charge in [0.25, 0.3) is 0 Å². The van der Waals surface area contributed by atoms with E-state index in [1.165, 1.54) is 11.8 Å². The van der Waals surface area contributed by atoms with Crippen LogP contribution in [0.1, 0.15) is 20.8 Å². The van der Waals surface area contributed by atoms with Crippen LogP contribution in [0, 0.1) is 0 Å². The topological polar surface area (TPSA) is 26.3 Å². The van der Waals surface area contributed by atoms with Crippen molar-refractivity contribution in [2.75, 3.05) is 12.4 Å². The Morgan fingerprint density at radius 2 is 2.20 bits per heavy atom. The number of rotatable bonds is 5. The quantitative estimate of drug-likeness (QED) is 0.575. The number of ketones is 1. The normalized spacial score (nSPS) is 13.1. The highest BCUT2D eigenvalue weighted by Gasteiger charge is 2.11. The summed E-state index contributed by atoms with van der Waals surface area (Å²) in [5.74, 6) is 1.03. The van der Waals surface area contributed by atoms with Crippen LogP contribution in [0.4, 0.5) is 0 Å². The van der Waals surface area contributed by atoms with Crippen LogP contribution in [-0.4, -0.2) is 23.6 Å². The third kappa shape index (κ3) is 3.90. The summed E-state index contributed by atoms with van der Waals surface area (Å²) in [4.78, 5) is 10.8. The van der Waals surface area contributed by atoms with Crippen molar-refractivity contribution in [1.29, 1.82) is 0 Å². The molecule has 0 heterocycles. The third-order valence-corrected chi connectivity index (χ3v) is 2.07. The van der Waals surface area contributed by atoms with Crippen LogP contribution in [0.5, 0.6) is 0 Å². The second-order valence-electron chi connectivity index (χ2n) is 1.85. The highest BCUT2D eigenvalue weighted by molar-refractivity contribution is 8.00. The van der Waals surface area contributed by atoms with E-state index in [1.54, 1.807) is 6.92 Å². The lowest BCUT2D eigenvalue weighted by Crippen LogP contribution is -2.17. The van der Waals surface area contributed by atoms with E-state index in [0.29, 0.717) is 6.61 Å². The Labute approximate surface area is 66.3 Å². The molecule has 0 fully saturated rings. The van der Waals surface area contributed by atoms with Crippen LogP contribution in [0.3, 0.4) is 0 Å². The molecule has 1 unspecified atom stereocenters. The number of ether oxygens (including phenoxy) is 1. The molecule has 1 atom stereocenters. The third-order valence-electron chi connectivity index (χ3n) is 0.968. The number of hydrogen-bond acceptors (Lipinski definition) is 3. The molecule has 0 spiro atoms. The van der Waals surface area contributed by atoms with Crippen LogP contribution < -0.4 is 0 Å². The Hall–Kier alpha value is -0.0200. The summed E-state index contributed by atoms with van der Waals surface area (Å²) >= 11 is 1.54. The van der Waals surface area contributed by atoms with Crippen molar-refractivity contribution < 1.29 is 9.53 Å². The van der Waals surface area contributed by atoms with E-state index >= 15 is 0 Å². The highest BCUT2D eigenvalue weighted by atomic mass is 32.2. The van der Waals surface area contributed by atoms with Gasteiger partial charge in [-0.15, -0.1) is 11.8 Å². The molecule has 60 valence electrons. The summed E-state index contributed by atoms with van der Waals surface area (Å²) in [5, 5.41) is 0. The lowest BCUT2D eigenvalue weighted by atomic mass is 10.5. The SMILES string of the molecule is CCOC(SCC)C(C)=O. The van der Waals surface area contributed by atoms with Gasteiger partial charge in [-0.05, 0) is 19.6 Å². The Balaban J connectivity index is 3.61. The molecule has 0 bridgehead atoms. The predicted molar refractivity (Wildman–Crippen MR) is 44.2 cm³/mol. The molecule has 3 heteroatoms. The van der Waals surface area contributed by atoms with Crippen molar-refractivity contribution in [2.24, 2.45) is 0 Å². The fraction of sp³-hybridized carbons (Fsp3) is 0.857. The number of thioether (sulfide) groups is 1. The minimum atomic E-state index is -0.241. The molecule has 0 aliphatic heterocycles. The van der Waals surface area contributed by atoms with Crippen molar-refractivity contribution in [2.45, 2.75) is 26.2 Å². The molecular formula is C7H14O2S. The predicted octanol–water partition coefficient (Wildman–Crippen LogP) is 1.69. The molecule has 0 aromatic heterocycles. The van der Waals surface area contributed by atoms with Gasteiger partial charge in [-0.3, -0.25) is 4.79 Å². The lowest BCUT2D eigenvalue weighted by molar-refractivity contribution is -0.123. The van der Waals surface area contributed by atoms with Gasteiger partial charge in [0.15, 0.2) is 11.2 Å². The van der Waals surface area contributed by atoms with Crippen LogP contribution >= 0.6 is 11.8 Å². The number of carbonyl (C=O) groups is 1. The molecule has 2 nitrogen and oxygen atoms in total. The Bertz CT molecular complexity index is 97.8. The highest BCUT2D eigenvalue weighted by Crippen LogP contribution is 2.12. The van der Waals surface area contributed by atoms with E-state index in [4.69, 9.17) is 4.74 Å². The van der Waals surface area contributed by atoms with E-state index in [0.717, 1.165) is 5.75 Å². The van der Waals surface area contributed by atoms with E-state index < -0.39 is 0 Å². The molecule has 0 saturated carbocycles. The zero-order valence-corrected chi connectivity index (χ0v) is 7.53. The van der Waals surface area contributed by atoms with Gasteiger partial charge >= 0.3 is 0 Å². The molecule has 0 aromatic carbocycles. The van der Waals surface area contributed by atoms with Gasteiger partial charge in [-0.1, -0.05) is 6.92 Å². The fourth-order valence-electron chi connectivity index (χ4n) is 0.586. The molecule has 0 amide bonds. The number of Topliss-reactive ketones (excluding diaryl/α,β-unsaturated/α-hetero) is 1. The maximum Gasteiger partial charge on any atom is 0.168 e. The first-order chi connectivity index (χ1) is 4.72. The first kappa shape index (κ1) is 9.98. The average Bonchev–Trinajstić information content (AvgIpc) is 1.87. The van der Waals surface area contributed by atoms with Gasteiger partial charge in [0, 0.05) is 6.61 Å². The standard InChI is InChI=1S/C7H14O2S/c1-4-9-7(6(3)8)10-5-2/h7H,4-5H2,1-3H3. The van der Waals surface area contributed by atoms with Gasteiger partial charge in [-0.25, -0.2) is 0 Å². The smallest absolute Gasteiger partial charge is 0.168 e. The molecule has 0 aliphatic carbocycles. The monoisotopic (exact) mass is 162 g/mol. The zero-order chi connectivity index (χ0) is 7.98. The molecule has 0 saturated heterocycles. The van der Waals surface area contributed by atoms with Crippen molar-refractivity contribution in [3.05, 3.63) is 0 Å². The minimum Gasteiger partial charge on any atom is -0.360 e. The van der Waals surface area contributed by atoms with Gasteiger partial charge in [0.1, 0.15) is 0 Å². The first-order valence-corrected chi connectivity index (χ1v) is 4.50. The van der Waals surface area contributed by atoms with E-state index in [2.05, 4.69) is 0 Å². The molecule has 0 radical (unpaired) electrons. The van der Waals surface area contributed by atoms with Crippen LogP contribution in [0.2, 0.25) is 0 Å². The largest absolute Gasteiger partial charge is 0.360 e. The minimum absolute atomic E-state index is 0.105. The summed E-state index contributed by atoms with van der Waals surface area (Å²) in [6.07, 6.45) is 0. The van der Waals surface area contributed by atoms with Crippen molar-refractivity contribution >= 4 is 17.5 Å². The Morgan fingerprint density at radius 3 is 2.50 bits per heavy atom. The lowest BCUT2D eigenvalue weighted by Gasteiger charge is -2.10. The fourth-order valence-corrected chi connectivity index (χ4v) is 1.36. The number of carbonyl (C=O) groups excluding carboxylic acids is 1. The zero-order valence-electron chi connectivity index (χ0n) is 6.72. The van der Waals surface area contributed by atoms with Crippen molar-refractivity contribution in [1.82, 2.24) is 0 Å². The van der Waals surface area contributed by atoms with Gasteiger partial charge in [0.2, 0.25) is 0 Å². The van der Waals surface area contributed by atoms with Crippen LogP contribution in [0.15, 0.2) is 0 Å². The molecular weight excluding hydrogens is 148 g/mol. The second-order valence-corrected chi connectivity index (χ2v) is 3.19. The summed E-state index contributed by atoms with van der Waals surface area (Å²) in [6.45, 7) is 6.08. The van der Waals surface area contributed by atoms with Crippen molar-refractivity contribution in [3.8, 4) is 0 Å². The summed E-state index contributed by atoms with van der Waals surface area (Å²) in [5.41, 5.74) is -0.241. The van der Waals surface area contributed by atoms with E-state index in [9.17, 15) is 4.79 Å². The number of hydrogen-bond donors (Lipinski definition) is 0. The Morgan fingerprint density at radius 1 is 1.60 bits per heavy atom. The first-order valence-electron chi connectivity index (χ1n) is 3.46. The van der Waals surface area contributed by atoms with E-state index in [-0.39, 0.29) is 11.2 Å². The maximum atomic E-state index is 10.8. The summed E-state index contributed by atoms with van der Waals surface area (Å²) in [6, 6.07) is 0. The molecule has 0 rings (SSSR count). The van der Waals surface area contributed by atoms with E-state index in [1.807, 2.05) is 13.8 Å². The average molecular weight is 162 g/mol. The van der Waals surface area contributed by atoms with Crippen molar-refractivity contribution in [3.63, 3.8) is 0 Å². The van der Waals surface area contributed by atoms with Gasteiger partial charge < -0.3 is 4.74 Å². The van der Waals surface area contributed by atoms with Gasteiger partial charge in [0.05, 0.1) is 0 Å². The maximum absolute atomic E-state index is 10.8. The second kappa shape index (κ2) is 5.74. The molecule has 10 heavy (non-hydrogen) atoms. The molecule has 0 aromatic rings. The summed E-state index contributed by atoms with van der Waals surface area (Å²) < 4.78 is 5.16.